The smallest absolute Gasteiger partial charge is 0.338 e. The molecule has 0 aliphatic carbocycles. The first kappa shape index (κ1) is 28.4. The highest BCUT2D eigenvalue weighted by Gasteiger charge is 2.27. The zero-order valence-electron chi connectivity index (χ0n) is 22.9. The summed E-state index contributed by atoms with van der Waals surface area (Å²) in [6, 6.07) is 15.6. The summed E-state index contributed by atoms with van der Waals surface area (Å²) in [7, 11) is 0. The van der Waals surface area contributed by atoms with Crippen molar-refractivity contribution >= 4 is 34.9 Å². The number of fused-ring (bicyclic) bond motifs is 1. The Morgan fingerprint density at radius 1 is 1.02 bits per heavy atom. The van der Waals surface area contributed by atoms with Crippen LogP contribution in [0, 0.1) is 0 Å². The summed E-state index contributed by atoms with van der Waals surface area (Å²) in [5.41, 5.74) is 1.79. The van der Waals surface area contributed by atoms with Gasteiger partial charge in [-0.25, -0.2) is 9.59 Å². The lowest BCUT2D eigenvalue weighted by Crippen LogP contribution is -2.46. The lowest BCUT2D eigenvalue weighted by Gasteiger charge is -2.29. The fraction of sp³-hybridized carbons (Fsp3) is 0.367. The van der Waals surface area contributed by atoms with Gasteiger partial charge in [-0.3, -0.25) is 4.79 Å². The highest BCUT2D eigenvalue weighted by Crippen LogP contribution is 2.33. The maximum absolute atomic E-state index is 13.8. The summed E-state index contributed by atoms with van der Waals surface area (Å²) in [6.45, 7) is 3.76. The van der Waals surface area contributed by atoms with E-state index in [1.165, 1.54) is 4.90 Å². The summed E-state index contributed by atoms with van der Waals surface area (Å²) in [4.78, 5) is 43.5. The minimum atomic E-state index is -0.427. The van der Waals surface area contributed by atoms with E-state index in [9.17, 15) is 14.4 Å². The predicted octanol–water partition coefficient (Wildman–Crippen LogP) is 4.90. The molecule has 1 unspecified atom stereocenters. The van der Waals surface area contributed by atoms with Crippen LogP contribution >= 0.6 is 11.3 Å². The van der Waals surface area contributed by atoms with Crippen LogP contribution in [0.15, 0.2) is 60.0 Å². The number of hydrogen-bond donors (Lipinski definition) is 1. The Morgan fingerprint density at radius 3 is 2.59 bits per heavy atom. The quantitative estimate of drug-likeness (QED) is 0.322. The summed E-state index contributed by atoms with van der Waals surface area (Å²) < 4.78 is 21.8. The highest BCUT2D eigenvalue weighted by atomic mass is 32.1. The third kappa shape index (κ3) is 7.56. The van der Waals surface area contributed by atoms with Crippen LogP contribution in [0.1, 0.15) is 40.6 Å². The van der Waals surface area contributed by atoms with Gasteiger partial charge in [0, 0.05) is 30.3 Å². The van der Waals surface area contributed by atoms with E-state index in [1.807, 2.05) is 35.7 Å². The van der Waals surface area contributed by atoms with E-state index in [0.717, 1.165) is 23.3 Å². The first-order valence-corrected chi connectivity index (χ1v) is 14.5. The van der Waals surface area contributed by atoms with Gasteiger partial charge in [0.2, 0.25) is 12.7 Å². The Hall–Kier alpha value is -4.09. The monoisotopic (exact) mass is 579 g/mol. The molecule has 0 spiro atoms. The van der Waals surface area contributed by atoms with Crippen molar-refractivity contribution < 1.29 is 33.3 Å². The maximum Gasteiger partial charge on any atom is 0.338 e. The fourth-order valence-electron chi connectivity index (χ4n) is 4.71. The van der Waals surface area contributed by atoms with E-state index in [2.05, 4.69) is 5.32 Å². The molecule has 3 aromatic rings. The summed E-state index contributed by atoms with van der Waals surface area (Å²) >= 11 is 1.57. The zero-order valence-corrected chi connectivity index (χ0v) is 23.7. The van der Waals surface area contributed by atoms with Crippen molar-refractivity contribution in [1.82, 2.24) is 9.80 Å². The molecule has 2 aliphatic heterocycles. The molecule has 0 bridgehead atoms. The van der Waals surface area contributed by atoms with Gasteiger partial charge in [0.1, 0.15) is 6.54 Å². The van der Waals surface area contributed by atoms with Crippen LogP contribution in [-0.4, -0.2) is 66.9 Å². The van der Waals surface area contributed by atoms with Crippen molar-refractivity contribution in [3.8, 4) is 11.5 Å². The lowest BCUT2D eigenvalue weighted by molar-refractivity contribution is -0.133. The van der Waals surface area contributed by atoms with Gasteiger partial charge >= 0.3 is 12.0 Å². The second-order valence-corrected chi connectivity index (χ2v) is 10.8. The molecule has 3 heterocycles. The molecule has 41 heavy (non-hydrogen) atoms. The number of nitrogens with one attached hydrogen (secondary N) is 1. The number of rotatable bonds is 11. The van der Waals surface area contributed by atoms with Gasteiger partial charge in [-0.15, -0.1) is 11.3 Å². The molecule has 2 aromatic carbocycles. The Bertz CT molecular complexity index is 1340. The van der Waals surface area contributed by atoms with Gasteiger partial charge in [0.15, 0.2) is 11.5 Å². The van der Waals surface area contributed by atoms with E-state index in [4.69, 9.17) is 18.9 Å². The molecular weight excluding hydrogens is 546 g/mol. The third-order valence-electron chi connectivity index (χ3n) is 6.80. The normalized spacial score (nSPS) is 15.4. The Labute approximate surface area is 242 Å². The molecule has 3 amide bonds. The number of nitrogens with zero attached hydrogens (tertiary/aromatic N) is 2. The van der Waals surface area contributed by atoms with Crippen molar-refractivity contribution in [3.63, 3.8) is 0 Å². The van der Waals surface area contributed by atoms with E-state index >= 15 is 0 Å². The maximum atomic E-state index is 13.8. The van der Waals surface area contributed by atoms with E-state index in [-0.39, 0.29) is 38.5 Å². The Morgan fingerprint density at radius 2 is 1.85 bits per heavy atom. The van der Waals surface area contributed by atoms with Crippen LogP contribution in [0.25, 0.3) is 0 Å². The van der Waals surface area contributed by atoms with Crippen LogP contribution in [0.3, 0.4) is 0 Å². The minimum absolute atomic E-state index is 0.122. The van der Waals surface area contributed by atoms with Crippen LogP contribution in [0.4, 0.5) is 10.5 Å². The van der Waals surface area contributed by atoms with Crippen LogP contribution < -0.4 is 14.8 Å². The summed E-state index contributed by atoms with van der Waals surface area (Å²) in [5, 5.41) is 4.84. The average molecular weight is 580 g/mol. The van der Waals surface area contributed by atoms with Gasteiger partial charge in [-0.05, 0) is 73.2 Å². The predicted molar refractivity (Wildman–Crippen MR) is 153 cm³/mol. The largest absolute Gasteiger partial charge is 0.462 e. The molecule has 10 nitrogen and oxygen atoms in total. The highest BCUT2D eigenvalue weighted by molar-refractivity contribution is 7.09. The first-order chi connectivity index (χ1) is 20.0. The molecule has 0 saturated carbocycles. The van der Waals surface area contributed by atoms with Crippen molar-refractivity contribution in [1.29, 1.82) is 0 Å². The molecule has 11 heteroatoms. The number of anilines is 1. The molecule has 1 N–H and O–H groups in total. The molecule has 2 aliphatic rings. The first-order valence-electron chi connectivity index (χ1n) is 13.6. The minimum Gasteiger partial charge on any atom is -0.462 e. The second kappa shape index (κ2) is 13.5. The number of carbonyl (C=O) groups excluding carboxylic acids is 3. The van der Waals surface area contributed by atoms with Crippen molar-refractivity contribution in [2.45, 2.75) is 39.0 Å². The van der Waals surface area contributed by atoms with E-state index < -0.39 is 12.0 Å². The number of benzene rings is 2. The number of urea groups is 1. The summed E-state index contributed by atoms with van der Waals surface area (Å²) in [6.07, 6.45) is 1.60. The topological polar surface area (TPSA) is 107 Å². The standard InChI is InChI=1S/C30H33N3O7S/c1-2-37-29(35)22-8-10-23(11-9-22)31-30(36)33(17-24-5-3-13-38-24)19-28(34)32(18-25-6-4-14-41-25)16-21-7-12-26-27(15-21)40-20-39-26/h4,6-12,14-15,24H,2-3,5,13,16-20H2,1H3,(H,31,36). The summed E-state index contributed by atoms with van der Waals surface area (Å²) in [5.74, 6) is 0.713. The van der Waals surface area contributed by atoms with Crippen molar-refractivity contribution in [3.05, 3.63) is 76.0 Å². The molecule has 1 saturated heterocycles. The molecule has 0 radical (unpaired) electrons. The number of thiophene rings is 1. The van der Waals surface area contributed by atoms with Gasteiger partial charge in [0.25, 0.3) is 0 Å². The number of hydrogen-bond acceptors (Lipinski definition) is 8. The van der Waals surface area contributed by atoms with Crippen molar-refractivity contribution in [2.75, 3.05) is 38.4 Å². The van der Waals surface area contributed by atoms with Crippen LogP contribution in [0.2, 0.25) is 0 Å². The zero-order chi connectivity index (χ0) is 28.6. The Kier molecular flexibility index (Phi) is 9.37. The lowest BCUT2D eigenvalue weighted by atomic mass is 10.1. The molecular formula is C30H33N3O7S. The number of ether oxygens (including phenoxy) is 4. The van der Waals surface area contributed by atoms with Gasteiger partial charge in [-0.2, -0.15) is 0 Å². The van der Waals surface area contributed by atoms with Gasteiger partial charge < -0.3 is 34.1 Å². The number of carbonyl (C=O) groups is 3. The SMILES string of the molecule is CCOC(=O)c1ccc(NC(=O)N(CC(=O)N(Cc2ccc3c(c2)OCO3)Cc2cccs2)CC2CCCO2)cc1. The molecule has 1 fully saturated rings. The van der Waals surface area contributed by atoms with E-state index in [1.54, 1.807) is 47.4 Å². The number of esters is 1. The van der Waals surface area contributed by atoms with E-state index in [0.29, 0.717) is 42.4 Å². The molecule has 1 aromatic heterocycles. The van der Waals surface area contributed by atoms with Gasteiger partial charge in [-0.1, -0.05) is 12.1 Å². The Balaban J connectivity index is 1.31. The molecule has 1 atom stereocenters. The average Bonchev–Trinajstić information content (AvgIpc) is 3.76. The van der Waals surface area contributed by atoms with Crippen LogP contribution in [0.5, 0.6) is 11.5 Å². The number of amides is 3. The molecule has 216 valence electrons. The second-order valence-electron chi connectivity index (χ2n) is 9.76. The van der Waals surface area contributed by atoms with Crippen LogP contribution in [-0.2, 0) is 27.4 Å². The van der Waals surface area contributed by atoms with Crippen molar-refractivity contribution in [2.24, 2.45) is 0 Å². The molecule has 5 rings (SSSR count). The third-order valence-corrected chi connectivity index (χ3v) is 7.66. The fourth-order valence-corrected chi connectivity index (χ4v) is 5.43. The van der Waals surface area contributed by atoms with Gasteiger partial charge in [0.05, 0.1) is 24.8 Å².